The molecule has 4 nitrogen and oxygen atoms in total. The number of nitrogens with zero attached hydrogens (tertiary/aromatic N) is 1. The quantitative estimate of drug-likeness (QED) is 0.905. The van der Waals surface area contributed by atoms with Crippen LogP contribution in [0.5, 0.6) is 11.5 Å². The first-order valence-corrected chi connectivity index (χ1v) is 7.95. The van der Waals surface area contributed by atoms with Crippen LogP contribution in [0.1, 0.15) is 37.7 Å². The van der Waals surface area contributed by atoms with Gasteiger partial charge >= 0.3 is 0 Å². The van der Waals surface area contributed by atoms with Gasteiger partial charge in [-0.05, 0) is 38.2 Å². The number of ether oxygens (including phenoxy) is 2. The van der Waals surface area contributed by atoms with Crippen LogP contribution < -0.4 is 20.1 Å². The van der Waals surface area contributed by atoms with Gasteiger partial charge in [0.15, 0.2) is 0 Å². The number of hydrogen-bond acceptors (Lipinski definition) is 4. The number of anilines is 1. The molecule has 0 amide bonds. The van der Waals surface area contributed by atoms with E-state index in [-0.39, 0.29) is 5.41 Å². The molecule has 1 heterocycles. The summed E-state index contributed by atoms with van der Waals surface area (Å²) >= 11 is 0. The predicted molar refractivity (Wildman–Crippen MR) is 85.6 cm³/mol. The minimum atomic E-state index is 0.110. The fourth-order valence-electron chi connectivity index (χ4n) is 3.41. The van der Waals surface area contributed by atoms with Crippen molar-refractivity contribution in [1.29, 1.82) is 0 Å². The molecule has 2 N–H and O–H groups in total. The molecule has 0 atom stereocenters. The highest BCUT2D eigenvalue weighted by atomic mass is 16.5. The van der Waals surface area contributed by atoms with Crippen molar-refractivity contribution in [3.63, 3.8) is 0 Å². The molecule has 1 aliphatic heterocycles. The third kappa shape index (κ3) is 2.57. The summed E-state index contributed by atoms with van der Waals surface area (Å²) in [6.07, 6.45) is 6.11. The lowest BCUT2D eigenvalue weighted by molar-refractivity contribution is 0.392. The average molecular weight is 290 g/mol. The first-order chi connectivity index (χ1) is 10.2. The number of hydrogen-bond donors (Lipinski definition) is 1. The maximum atomic E-state index is 5.99. The summed E-state index contributed by atoms with van der Waals surface area (Å²) < 4.78 is 11.3. The minimum absolute atomic E-state index is 0.110. The number of benzene rings is 1. The molecule has 116 valence electrons. The zero-order chi connectivity index (χ0) is 14.9. The number of methoxy groups -OCH3 is 2. The summed E-state index contributed by atoms with van der Waals surface area (Å²) in [4.78, 5) is 2.41. The Bertz CT molecular complexity index is 506. The average Bonchev–Trinajstić information content (AvgIpc) is 3.35. The SMILES string of the molecule is COc1cc(C2(CN)CC2)c(OC)cc1N1CCCCC1. The van der Waals surface area contributed by atoms with Gasteiger partial charge in [-0.25, -0.2) is 0 Å². The largest absolute Gasteiger partial charge is 0.496 e. The molecule has 1 aromatic rings. The molecule has 2 aliphatic rings. The highest BCUT2D eigenvalue weighted by molar-refractivity contribution is 5.66. The molecule has 1 aliphatic carbocycles. The maximum absolute atomic E-state index is 5.99. The van der Waals surface area contributed by atoms with E-state index in [9.17, 15) is 0 Å². The van der Waals surface area contributed by atoms with Crippen LogP contribution >= 0.6 is 0 Å². The van der Waals surface area contributed by atoms with Gasteiger partial charge in [0.2, 0.25) is 0 Å². The Morgan fingerprint density at radius 1 is 1.05 bits per heavy atom. The van der Waals surface area contributed by atoms with Crippen molar-refractivity contribution in [2.45, 2.75) is 37.5 Å². The van der Waals surface area contributed by atoms with E-state index in [2.05, 4.69) is 17.0 Å². The minimum Gasteiger partial charge on any atom is -0.496 e. The van der Waals surface area contributed by atoms with Gasteiger partial charge in [0.25, 0.3) is 0 Å². The zero-order valence-corrected chi connectivity index (χ0v) is 13.2. The molecule has 1 aromatic carbocycles. The van der Waals surface area contributed by atoms with Crippen LogP contribution in [0.15, 0.2) is 12.1 Å². The van der Waals surface area contributed by atoms with Crippen molar-refractivity contribution in [2.24, 2.45) is 5.73 Å². The van der Waals surface area contributed by atoms with E-state index in [0.717, 1.165) is 43.1 Å². The van der Waals surface area contributed by atoms with Crippen LogP contribution in [0.25, 0.3) is 0 Å². The summed E-state index contributed by atoms with van der Waals surface area (Å²) in [5.41, 5.74) is 8.47. The van der Waals surface area contributed by atoms with Crippen molar-refractivity contribution < 1.29 is 9.47 Å². The third-order valence-corrected chi connectivity index (χ3v) is 5.01. The smallest absolute Gasteiger partial charge is 0.142 e. The number of piperidine rings is 1. The Hall–Kier alpha value is -1.42. The first kappa shape index (κ1) is 14.5. The van der Waals surface area contributed by atoms with E-state index >= 15 is 0 Å². The molecule has 1 saturated carbocycles. The molecule has 0 bridgehead atoms. The van der Waals surface area contributed by atoms with Crippen molar-refractivity contribution in [2.75, 3.05) is 38.8 Å². The lowest BCUT2D eigenvalue weighted by Crippen LogP contribution is -2.30. The molecule has 1 saturated heterocycles. The summed E-state index contributed by atoms with van der Waals surface area (Å²) in [5, 5.41) is 0. The van der Waals surface area contributed by atoms with E-state index in [1.54, 1.807) is 14.2 Å². The first-order valence-electron chi connectivity index (χ1n) is 7.95. The third-order valence-electron chi connectivity index (χ3n) is 5.01. The molecule has 0 spiro atoms. The molecular weight excluding hydrogens is 264 g/mol. The molecule has 4 heteroatoms. The molecule has 2 fully saturated rings. The molecule has 3 rings (SSSR count). The van der Waals surface area contributed by atoms with Crippen LogP contribution in [0, 0.1) is 0 Å². The standard InChI is InChI=1S/C17H26N2O2/c1-20-15-11-14(19-8-4-3-5-9-19)16(21-2)10-13(15)17(12-18)6-7-17/h10-11H,3-9,12,18H2,1-2H3. The maximum Gasteiger partial charge on any atom is 0.142 e. The van der Waals surface area contributed by atoms with Gasteiger partial charge in [0.05, 0.1) is 19.9 Å². The molecule has 0 radical (unpaired) electrons. The monoisotopic (exact) mass is 290 g/mol. The Morgan fingerprint density at radius 2 is 1.71 bits per heavy atom. The fourth-order valence-corrected chi connectivity index (χ4v) is 3.41. The summed E-state index contributed by atoms with van der Waals surface area (Å²) in [6.45, 7) is 2.87. The fraction of sp³-hybridized carbons (Fsp3) is 0.647. The van der Waals surface area contributed by atoms with Crippen molar-refractivity contribution in [3.05, 3.63) is 17.7 Å². The second-order valence-corrected chi connectivity index (χ2v) is 6.26. The van der Waals surface area contributed by atoms with E-state index in [1.807, 2.05) is 0 Å². The molecule has 0 aromatic heterocycles. The summed E-state index contributed by atoms with van der Waals surface area (Å²) in [7, 11) is 3.50. The van der Waals surface area contributed by atoms with E-state index in [4.69, 9.17) is 15.2 Å². The number of rotatable bonds is 5. The van der Waals surface area contributed by atoms with Crippen molar-refractivity contribution in [1.82, 2.24) is 0 Å². The lowest BCUT2D eigenvalue weighted by Gasteiger charge is -2.31. The van der Waals surface area contributed by atoms with Gasteiger partial charge in [-0.1, -0.05) is 0 Å². The molecule has 21 heavy (non-hydrogen) atoms. The lowest BCUT2D eigenvalue weighted by atomic mass is 9.94. The highest BCUT2D eigenvalue weighted by Gasteiger charge is 2.45. The van der Waals surface area contributed by atoms with Crippen molar-refractivity contribution in [3.8, 4) is 11.5 Å². The Morgan fingerprint density at radius 3 is 2.24 bits per heavy atom. The number of nitrogens with two attached hydrogens (primary N) is 1. The topological polar surface area (TPSA) is 47.7 Å². The zero-order valence-electron chi connectivity index (χ0n) is 13.2. The van der Waals surface area contributed by atoms with E-state index in [0.29, 0.717) is 6.54 Å². The second kappa shape index (κ2) is 5.76. The summed E-state index contributed by atoms with van der Waals surface area (Å²) in [5.74, 6) is 1.91. The Labute approximate surface area is 127 Å². The van der Waals surface area contributed by atoms with Crippen LogP contribution in [-0.4, -0.2) is 33.9 Å². The van der Waals surface area contributed by atoms with Crippen molar-refractivity contribution >= 4 is 5.69 Å². The van der Waals surface area contributed by atoms with Gasteiger partial charge in [0, 0.05) is 36.7 Å². The second-order valence-electron chi connectivity index (χ2n) is 6.26. The predicted octanol–water partition coefficient (Wildman–Crippen LogP) is 2.68. The van der Waals surface area contributed by atoms with Crippen LogP contribution in [0.3, 0.4) is 0 Å². The van der Waals surface area contributed by atoms with Crippen LogP contribution in [0.4, 0.5) is 5.69 Å². The molecule has 0 unspecified atom stereocenters. The van der Waals surface area contributed by atoms with Gasteiger partial charge in [0.1, 0.15) is 11.5 Å². The van der Waals surface area contributed by atoms with Crippen LogP contribution in [-0.2, 0) is 5.41 Å². The van der Waals surface area contributed by atoms with Crippen LogP contribution in [0.2, 0.25) is 0 Å². The van der Waals surface area contributed by atoms with E-state index in [1.165, 1.54) is 24.8 Å². The van der Waals surface area contributed by atoms with E-state index < -0.39 is 0 Å². The Balaban J connectivity index is 2.01. The van der Waals surface area contributed by atoms with Gasteiger partial charge < -0.3 is 20.1 Å². The summed E-state index contributed by atoms with van der Waals surface area (Å²) in [6, 6.07) is 4.30. The van der Waals surface area contributed by atoms with Gasteiger partial charge in [-0.15, -0.1) is 0 Å². The molecular formula is C17H26N2O2. The normalized spacial score (nSPS) is 20.2. The van der Waals surface area contributed by atoms with Gasteiger partial charge in [-0.3, -0.25) is 0 Å². The Kier molecular flexibility index (Phi) is 3.98. The van der Waals surface area contributed by atoms with Gasteiger partial charge in [-0.2, -0.15) is 0 Å². The highest BCUT2D eigenvalue weighted by Crippen LogP contribution is 2.53.